The van der Waals surface area contributed by atoms with E-state index in [1.165, 1.54) is 11.8 Å². The zero-order valence-electron chi connectivity index (χ0n) is 11.9. The summed E-state index contributed by atoms with van der Waals surface area (Å²) in [7, 11) is 0. The van der Waals surface area contributed by atoms with Crippen molar-refractivity contribution in [3.63, 3.8) is 0 Å². The number of anilines is 1. The SMILES string of the molecule is CC(C)Cn1ncnc1CSc1nc(N)c2ccsc2n1. The third-order valence-corrected chi connectivity index (χ3v) is 4.55. The predicted octanol–water partition coefficient (Wildman–Crippen LogP) is 2.81. The summed E-state index contributed by atoms with van der Waals surface area (Å²) in [5, 5.41) is 7.84. The van der Waals surface area contributed by atoms with E-state index in [0.717, 1.165) is 22.6 Å². The number of nitrogen functional groups attached to an aromatic ring is 1. The van der Waals surface area contributed by atoms with Crippen LogP contribution in [0.3, 0.4) is 0 Å². The van der Waals surface area contributed by atoms with Gasteiger partial charge in [0, 0.05) is 6.54 Å². The Balaban J connectivity index is 1.76. The first kappa shape index (κ1) is 14.3. The largest absolute Gasteiger partial charge is 0.383 e. The summed E-state index contributed by atoms with van der Waals surface area (Å²) >= 11 is 3.11. The summed E-state index contributed by atoms with van der Waals surface area (Å²) < 4.78 is 1.94. The van der Waals surface area contributed by atoms with E-state index in [2.05, 4.69) is 33.9 Å². The minimum atomic E-state index is 0.532. The standard InChI is InChI=1S/C13H16N6S2/c1-8(2)5-19-10(15-7-16-19)6-21-13-17-11(14)9-3-4-20-12(9)18-13/h3-4,7-8H,5-6H2,1-2H3,(H2,14,17,18). The van der Waals surface area contributed by atoms with Gasteiger partial charge in [0.25, 0.3) is 0 Å². The molecular weight excluding hydrogens is 304 g/mol. The Labute approximate surface area is 130 Å². The van der Waals surface area contributed by atoms with E-state index in [0.29, 0.717) is 22.6 Å². The predicted molar refractivity (Wildman–Crippen MR) is 86.2 cm³/mol. The zero-order chi connectivity index (χ0) is 14.8. The van der Waals surface area contributed by atoms with Crippen LogP contribution in [0.4, 0.5) is 5.82 Å². The van der Waals surface area contributed by atoms with Crippen molar-refractivity contribution in [2.24, 2.45) is 5.92 Å². The first-order valence-electron chi connectivity index (χ1n) is 6.63. The van der Waals surface area contributed by atoms with E-state index >= 15 is 0 Å². The fraction of sp³-hybridized carbons (Fsp3) is 0.385. The molecule has 3 aromatic rings. The minimum Gasteiger partial charge on any atom is -0.383 e. The highest BCUT2D eigenvalue weighted by Crippen LogP contribution is 2.27. The normalized spacial score (nSPS) is 11.6. The second kappa shape index (κ2) is 5.98. The molecule has 0 aliphatic heterocycles. The summed E-state index contributed by atoms with van der Waals surface area (Å²) in [6.45, 7) is 5.18. The fourth-order valence-electron chi connectivity index (χ4n) is 1.95. The van der Waals surface area contributed by atoms with Gasteiger partial charge in [-0.3, -0.25) is 0 Å². The molecule has 2 N–H and O–H groups in total. The zero-order valence-corrected chi connectivity index (χ0v) is 13.5. The average Bonchev–Trinajstić information content (AvgIpc) is 3.05. The molecule has 3 rings (SSSR count). The van der Waals surface area contributed by atoms with Crippen molar-refractivity contribution in [1.29, 1.82) is 0 Å². The van der Waals surface area contributed by atoms with Crippen LogP contribution in [0, 0.1) is 5.92 Å². The second-order valence-corrected chi connectivity index (χ2v) is 6.91. The molecule has 0 aliphatic rings. The Bertz CT molecular complexity index is 748. The molecule has 8 heteroatoms. The maximum Gasteiger partial charge on any atom is 0.191 e. The lowest BCUT2D eigenvalue weighted by atomic mass is 10.2. The van der Waals surface area contributed by atoms with Crippen molar-refractivity contribution in [2.45, 2.75) is 31.3 Å². The number of rotatable bonds is 5. The van der Waals surface area contributed by atoms with E-state index in [9.17, 15) is 0 Å². The Morgan fingerprint density at radius 2 is 2.24 bits per heavy atom. The highest BCUT2D eigenvalue weighted by atomic mass is 32.2. The van der Waals surface area contributed by atoms with Gasteiger partial charge >= 0.3 is 0 Å². The highest BCUT2D eigenvalue weighted by Gasteiger charge is 2.10. The van der Waals surface area contributed by atoms with Gasteiger partial charge < -0.3 is 5.73 Å². The van der Waals surface area contributed by atoms with Crippen LogP contribution in [-0.4, -0.2) is 24.7 Å². The van der Waals surface area contributed by atoms with Crippen molar-refractivity contribution < 1.29 is 0 Å². The Morgan fingerprint density at radius 1 is 1.38 bits per heavy atom. The molecule has 0 saturated carbocycles. The number of thiophene rings is 1. The third kappa shape index (κ3) is 3.16. The summed E-state index contributed by atoms with van der Waals surface area (Å²) in [5.41, 5.74) is 5.96. The number of aromatic nitrogens is 5. The van der Waals surface area contributed by atoms with Gasteiger partial charge in [0.1, 0.15) is 22.8 Å². The molecule has 0 unspecified atom stereocenters. The van der Waals surface area contributed by atoms with Crippen LogP contribution in [0.2, 0.25) is 0 Å². The van der Waals surface area contributed by atoms with E-state index in [-0.39, 0.29) is 0 Å². The van der Waals surface area contributed by atoms with Gasteiger partial charge in [0.2, 0.25) is 0 Å². The Morgan fingerprint density at radius 3 is 3.05 bits per heavy atom. The molecule has 0 aliphatic carbocycles. The molecule has 0 spiro atoms. The maximum absolute atomic E-state index is 5.96. The lowest BCUT2D eigenvalue weighted by molar-refractivity contribution is 0.471. The summed E-state index contributed by atoms with van der Waals surface area (Å²) in [6.07, 6.45) is 1.59. The molecule has 3 heterocycles. The summed E-state index contributed by atoms with van der Waals surface area (Å²) in [5.74, 6) is 2.68. The smallest absolute Gasteiger partial charge is 0.191 e. The first-order chi connectivity index (χ1) is 10.1. The third-order valence-electron chi connectivity index (χ3n) is 2.90. The van der Waals surface area contributed by atoms with Crippen LogP contribution < -0.4 is 5.73 Å². The van der Waals surface area contributed by atoms with Crippen molar-refractivity contribution in [3.8, 4) is 0 Å². The number of hydrogen-bond acceptors (Lipinski definition) is 7. The minimum absolute atomic E-state index is 0.532. The van der Waals surface area contributed by atoms with Gasteiger partial charge in [-0.05, 0) is 17.4 Å². The second-order valence-electron chi connectivity index (χ2n) is 5.07. The number of fused-ring (bicyclic) bond motifs is 1. The van der Waals surface area contributed by atoms with Gasteiger partial charge in [-0.15, -0.1) is 11.3 Å². The maximum atomic E-state index is 5.96. The molecule has 6 nitrogen and oxygen atoms in total. The van der Waals surface area contributed by atoms with Gasteiger partial charge in [-0.25, -0.2) is 19.6 Å². The van der Waals surface area contributed by atoms with Gasteiger partial charge in [-0.2, -0.15) is 5.10 Å². The van der Waals surface area contributed by atoms with Gasteiger partial charge in [0.15, 0.2) is 5.16 Å². The molecule has 3 aromatic heterocycles. The van der Waals surface area contributed by atoms with Crippen LogP contribution in [-0.2, 0) is 12.3 Å². The Kier molecular flexibility index (Phi) is 4.07. The molecular formula is C13H16N6S2. The van der Waals surface area contributed by atoms with E-state index < -0.39 is 0 Å². The topological polar surface area (TPSA) is 82.5 Å². The molecule has 21 heavy (non-hydrogen) atoms. The molecule has 0 atom stereocenters. The van der Waals surface area contributed by atoms with Gasteiger partial charge in [0.05, 0.1) is 11.1 Å². The quantitative estimate of drug-likeness (QED) is 0.575. The van der Waals surface area contributed by atoms with Crippen molar-refractivity contribution in [3.05, 3.63) is 23.6 Å². The molecule has 0 radical (unpaired) electrons. The first-order valence-corrected chi connectivity index (χ1v) is 8.50. The summed E-state index contributed by atoms with van der Waals surface area (Å²) in [4.78, 5) is 14.1. The average molecular weight is 320 g/mol. The van der Waals surface area contributed by atoms with Crippen LogP contribution in [0.5, 0.6) is 0 Å². The van der Waals surface area contributed by atoms with Crippen LogP contribution >= 0.6 is 23.1 Å². The van der Waals surface area contributed by atoms with Crippen molar-refractivity contribution in [2.75, 3.05) is 5.73 Å². The van der Waals surface area contributed by atoms with E-state index in [4.69, 9.17) is 5.73 Å². The number of hydrogen-bond donors (Lipinski definition) is 1. The number of thioether (sulfide) groups is 1. The Hall–Kier alpha value is -1.67. The molecule has 0 bridgehead atoms. The molecule has 0 fully saturated rings. The monoisotopic (exact) mass is 320 g/mol. The van der Waals surface area contributed by atoms with E-state index in [1.807, 2.05) is 16.1 Å². The molecule has 110 valence electrons. The molecule has 0 aromatic carbocycles. The van der Waals surface area contributed by atoms with Crippen LogP contribution in [0.1, 0.15) is 19.7 Å². The number of nitrogens with two attached hydrogens (primary N) is 1. The molecule has 0 amide bonds. The lowest BCUT2D eigenvalue weighted by Gasteiger charge is -2.08. The lowest BCUT2D eigenvalue weighted by Crippen LogP contribution is -2.09. The van der Waals surface area contributed by atoms with Crippen LogP contribution in [0.25, 0.3) is 10.2 Å². The van der Waals surface area contributed by atoms with Crippen LogP contribution in [0.15, 0.2) is 22.9 Å². The fourth-order valence-corrected chi connectivity index (χ4v) is 3.58. The van der Waals surface area contributed by atoms with E-state index in [1.54, 1.807) is 17.7 Å². The highest BCUT2D eigenvalue weighted by molar-refractivity contribution is 7.98. The van der Waals surface area contributed by atoms with Crippen molar-refractivity contribution >= 4 is 39.1 Å². The molecule has 0 saturated heterocycles. The summed E-state index contributed by atoms with van der Waals surface area (Å²) in [6, 6.07) is 1.95. The van der Waals surface area contributed by atoms with Gasteiger partial charge in [-0.1, -0.05) is 25.6 Å². The van der Waals surface area contributed by atoms with Crippen molar-refractivity contribution in [1.82, 2.24) is 24.7 Å². The number of nitrogens with zero attached hydrogens (tertiary/aromatic N) is 5.